The molecule has 138 valence electrons. The molecule has 0 aliphatic rings. The van der Waals surface area contributed by atoms with Crippen molar-refractivity contribution < 1.29 is 29.0 Å². The Bertz CT molecular complexity index is 522. The van der Waals surface area contributed by atoms with Gasteiger partial charge in [-0.15, -0.1) is 0 Å². The van der Waals surface area contributed by atoms with Gasteiger partial charge in [0.25, 0.3) is 0 Å². The van der Waals surface area contributed by atoms with Crippen molar-refractivity contribution in [3.05, 3.63) is 37.1 Å². The molecule has 1 N–H and O–H groups in total. The van der Waals surface area contributed by atoms with Crippen LogP contribution in [0.1, 0.15) is 46.0 Å². The number of carboxylic acid groups (broad SMARTS) is 1. The molecule has 0 aromatic heterocycles. The average Bonchev–Trinajstić information content (AvgIpc) is 2.54. The molecular formula is C18H25NO6. The third-order valence-corrected chi connectivity index (χ3v) is 3.10. The summed E-state index contributed by atoms with van der Waals surface area (Å²) in [7, 11) is 0. The Kier molecular flexibility index (Phi) is 11.3. The number of hydrogen-bond donors (Lipinski definition) is 1. The molecule has 0 aliphatic carbocycles. The maximum absolute atomic E-state index is 12.4. The molecule has 2 amide bonds. The fourth-order valence-electron chi connectivity index (χ4n) is 1.97. The lowest BCUT2D eigenvalue weighted by atomic mass is 10.1. The van der Waals surface area contributed by atoms with Crippen LogP contribution in [0.15, 0.2) is 37.1 Å². The average molecular weight is 351 g/mol. The van der Waals surface area contributed by atoms with Gasteiger partial charge in [-0.3, -0.25) is 19.3 Å². The lowest BCUT2D eigenvalue weighted by molar-refractivity contribution is -0.160. The number of hydrogen-bond acceptors (Lipinski definition) is 5. The Balaban J connectivity index is 5.49. The van der Waals surface area contributed by atoms with Crippen LogP contribution in [-0.2, 0) is 23.9 Å². The number of nitrogens with zero attached hydrogens (tertiary/aromatic N) is 1. The van der Waals surface area contributed by atoms with Crippen LogP contribution in [0.25, 0.3) is 0 Å². The van der Waals surface area contributed by atoms with Crippen molar-refractivity contribution in [2.45, 2.75) is 52.0 Å². The molecule has 0 bridgehead atoms. The molecule has 7 heteroatoms. The molecule has 7 nitrogen and oxygen atoms in total. The first-order chi connectivity index (χ1) is 11.9. The summed E-state index contributed by atoms with van der Waals surface area (Å²) in [5.41, 5.74) is 0. The molecular weight excluding hydrogens is 326 g/mol. The number of allylic oxidation sites excluding steroid dienone is 2. The molecule has 0 aliphatic heterocycles. The minimum atomic E-state index is -1.63. The normalized spacial score (nSPS) is 12.1. The van der Waals surface area contributed by atoms with Crippen molar-refractivity contribution in [2.24, 2.45) is 0 Å². The van der Waals surface area contributed by atoms with Crippen molar-refractivity contribution >= 4 is 23.8 Å². The summed E-state index contributed by atoms with van der Waals surface area (Å²) in [6.07, 6.45) is 7.96. The first-order valence-corrected chi connectivity index (χ1v) is 8.07. The maximum atomic E-state index is 12.4. The molecule has 1 atom stereocenters. The molecule has 0 saturated carbocycles. The van der Waals surface area contributed by atoms with E-state index < -0.39 is 36.2 Å². The Morgan fingerprint density at radius 3 is 1.84 bits per heavy atom. The second-order valence-electron chi connectivity index (χ2n) is 5.04. The first-order valence-electron chi connectivity index (χ1n) is 8.07. The van der Waals surface area contributed by atoms with E-state index in [1.807, 2.05) is 13.8 Å². The highest BCUT2D eigenvalue weighted by Crippen LogP contribution is 2.12. The Labute approximate surface area is 147 Å². The molecule has 0 saturated heterocycles. The van der Waals surface area contributed by atoms with Crippen LogP contribution in [-0.4, -0.2) is 39.8 Å². The van der Waals surface area contributed by atoms with E-state index in [0.29, 0.717) is 17.7 Å². The molecule has 0 aromatic rings. The number of carbonyl (C=O) groups is 4. The summed E-state index contributed by atoms with van der Waals surface area (Å²) in [5.74, 6) is -3.71. The van der Waals surface area contributed by atoms with Crippen molar-refractivity contribution in [1.82, 2.24) is 4.90 Å². The molecule has 0 radical (unpaired) electrons. The summed E-state index contributed by atoms with van der Waals surface area (Å²) < 4.78 is 4.51. The Morgan fingerprint density at radius 1 is 1.00 bits per heavy atom. The summed E-state index contributed by atoms with van der Waals surface area (Å²) in [5, 5.41) is 9.39. The monoisotopic (exact) mass is 351 g/mol. The lowest BCUT2D eigenvalue weighted by Crippen LogP contribution is -2.49. The number of carbonyl (C=O) groups excluding carboxylic acids is 3. The van der Waals surface area contributed by atoms with Gasteiger partial charge < -0.3 is 9.84 Å². The number of ether oxygens (including phenoxy) is 1. The topological polar surface area (TPSA) is 101 Å². The third kappa shape index (κ3) is 8.64. The molecule has 25 heavy (non-hydrogen) atoms. The van der Waals surface area contributed by atoms with Gasteiger partial charge in [0.15, 0.2) is 0 Å². The molecule has 0 aromatic carbocycles. The Morgan fingerprint density at radius 2 is 1.48 bits per heavy atom. The smallest absolute Gasteiger partial charge is 0.327 e. The molecule has 0 fully saturated rings. The van der Waals surface area contributed by atoms with Gasteiger partial charge in [0, 0.05) is 12.8 Å². The highest BCUT2D eigenvalue weighted by atomic mass is 16.5. The SMILES string of the molecule is C=COC(=O)CC(C(=O)O)N(C(=O)C/C=C/CC)C(=O)C/C=C/CC. The van der Waals surface area contributed by atoms with E-state index in [9.17, 15) is 24.3 Å². The van der Waals surface area contributed by atoms with E-state index in [1.54, 1.807) is 24.3 Å². The van der Waals surface area contributed by atoms with Gasteiger partial charge in [0.1, 0.15) is 6.04 Å². The fourth-order valence-corrected chi connectivity index (χ4v) is 1.97. The second kappa shape index (κ2) is 12.7. The zero-order valence-electron chi connectivity index (χ0n) is 14.6. The summed E-state index contributed by atoms with van der Waals surface area (Å²) >= 11 is 0. The number of carboxylic acids is 1. The molecule has 1 unspecified atom stereocenters. The fraction of sp³-hybridized carbons (Fsp3) is 0.444. The number of rotatable bonds is 11. The molecule has 0 spiro atoms. The molecule has 0 heterocycles. The van der Waals surface area contributed by atoms with E-state index in [4.69, 9.17) is 0 Å². The first kappa shape index (κ1) is 22.3. The van der Waals surface area contributed by atoms with Crippen LogP contribution in [0.2, 0.25) is 0 Å². The van der Waals surface area contributed by atoms with Crippen LogP contribution in [0, 0.1) is 0 Å². The highest BCUT2D eigenvalue weighted by molar-refractivity contribution is 6.01. The lowest BCUT2D eigenvalue weighted by Gasteiger charge is -2.26. The van der Waals surface area contributed by atoms with Crippen LogP contribution < -0.4 is 0 Å². The van der Waals surface area contributed by atoms with Gasteiger partial charge in [-0.25, -0.2) is 4.79 Å². The second-order valence-corrected chi connectivity index (χ2v) is 5.04. The minimum absolute atomic E-state index is 0.128. The van der Waals surface area contributed by atoms with Crippen LogP contribution in [0.4, 0.5) is 0 Å². The largest absolute Gasteiger partial charge is 0.480 e. The van der Waals surface area contributed by atoms with Crippen LogP contribution in [0.5, 0.6) is 0 Å². The van der Waals surface area contributed by atoms with E-state index in [1.165, 1.54) is 0 Å². The van der Waals surface area contributed by atoms with Crippen LogP contribution in [0.3, 0.4) is 0 Å². The van der Waals surface area contributed by atoms with Crippen molar-refractivity contribution in [3.63, 3.8) is 0 Å². The van der Waals surface area contributed by atoms with Crippen LogP contribution >= 0.6 is 0 Å². The van der Waals surface area contributed by atoms with Gasteiger partial charge in [-0.2, -0.15) is 0 Å². The highest BCUT2D eigenvalue weighted by Gasteiger charge is 2.35. The quantitative estimate of drug-likeness (QED) is 0.349. The van der Waals surface area contributed by atoms with E-state index in [2.05, 4.69) is 11.3 Å². The summed E-state index contributed by atoms with van der Waals surface area (Å²) in [6, 6.07) is -1.63. The Hall–Kier alpha value is -2.70. The van der Waals surface area contributed by atoms with E-state index >= 15 is 0 Å². The molecule has 0 rings (SSSR count). The van der Waals surface area contributed by atoms with Crippen molar-refractivity contribution in [1.29, 1.82) is 0 Å². The number of esters is 1. The maximum Gasteiger partial charge on any atom is 0.327 e. The van der Waals surface area contributed by atoms with E-state index in [0.717, 1.165) is 6.26 Å². The summed E-state index contributed by atoms with van der Waals surface area (Å²) in [4.78, 5) is 48.5. The zero-order chi connectivity index (χ0) is 19.2. The third-order valence-electron chi connectivity index (χ3n) is 3.10. The van der Waals surface area contributed by atoms with E-state index in [-0.39, 0.29) is 12.8 Å². The minimum Gasteiger partial charge on any atom is -0.480 e. The van der Waals surface area contributed by atoms with Gasteiger partial charge in [-0.1, -0.05) is 44.7 Å². The van der Waals surface area contributed by atoms with Crippen molar-refractivity contribution in [2.75, 3.05) is 0 Å². The van der Waals surface area contributed by atoms with Gasteiger partial charge >= 0.3 is 11.9 Å². The van der Waals surface area contributed by atoms with Gasteiger partial charge in [-0.05, 0) is 12.8 Å². The summed E-state index contributed by atoms with van der Waals surface area (Å²) in [6.45, 7) is 6.97. The predicted molar refractivity (Wildman–Crippen MR) is 92.3 cm³/mol. The van der Waals surface area contributed by atoms with Gasteiger partial charge in [0.2, 0.25) is 11.8 Å². The number of imide groups is 1. The number of aliphatic carboxylic acids is 1. The standard InChI is InChI=1S/C18H25NO6/c1-4-7-9-11-15(20)19(16(21)12-10-8-5-2)14(18(23)24)13-17(22)25-6-3/h6-10,14H,3-5,11-13H2,1-2H3,(H,23,24)/b9-7+,10-8+. The zero-order valence-corrected chi connectivity index (χ0v) is 14.6. The van der Waals surface area contributed by atoms with Crippen molar-refractivity contribution in [3.8, 4) is 0 Å². The number of amides is 2. The predicted octanol–water partition coefficient (Wildman–Crippen LogP) is 2.58. The van der Waals surface area contributed by atoms with Gasteiger partial charge in [0.05, 0.1) is 12.7 Å².